The van der Waals surface area contributed by atoms with Gasteiger partial charge < -0.3 is 9.88 Å². The maximum Gasteiger partial charge on any atom is 0.261 e. The van der Waals surface area contributed by atoms with Gasteiger partial charge >= 0.3 is 0 Å². The third kappa shape index (κ3) is 2.51. The van der Waals surface area contributed by atoms with Gasteiger partial charge in [-0.2, -0.15) is 0 Å². The molecular formula is C19H14ClFN2O2. The third-order valence-corrected chi connectivity index (χ3v) is 4.84. The summed E-state index contributed by atoms with van der Waals surface area (Å²) in [6.45, 7) is 2.05. The molecule has 4 rings (SSSR count). The zero-order valence-electron chi connectivity index (χ0n) is 13.3. The zero-order valence-corrected chi connectivity index (χ0v) is 14.1. The fourth-order valence-electron chi connectivity index (χ4n) is 3.35. The number of pyridine rings is 1. The Morgan fingerprint density at radius 1 is 1.32 bits per heavy atom. The minimum Gasteiger partial charge on any atom is -0.343 e. The van der Waals surface area contributed by atoms with Gasteiger partial charge in [0.15, 0.2) is 0 Å². The molecule has 0 aliphatic carbocycles. The predicted molar refractivity (Wildman–Crippen MR) is 96.0 cm³/mol. The van der Waals surface area contributed by atoms with E-state index in [1.807, 2.05) is 23.6 Å². The Labute approximate surface area is 147 Å². The van der Waals surface area contributed by atoms with Crippen molar-refractivity contribution in [3.05, 3.63) is 74.8 Å². The number of hydrogen-bond acceptors (Lipinski definition) is 2. The quantitative estimate of drug-likeness (QED) is 0.749. The number of benzene rings is 2. The van der Waals surface area contributed by atoms with E-state index in [-0.39, 0.29) is 22.1 Å². The second-order valence-corrected chi connectivity index (χ2v) is 6.64. The summed E-state index contributed by atoms with van der Waals surface area (Å²) < 4.78 is 15.2. The van der Waals surface area contributed by atoms with Gasteiger partial charge in [-0.15, -0.1) is 0 Å². The molecule has 0 fully saturated rings. The number of amides is 1. The van der Waals surface area contributed by atoms with Gasteiger partial charge in [-0.1, -0.05) is 23.7 Å². The molecule has 1 amide bonds. The van der Waals surface area contributed by atoms with Gasteiger partial charge in [0.25, 0.3) is 5.91 Å². The van der Waals surface area contributed by atoms with Crippen molar-refractivity contribution in [1.29, 1.82) is 0 Å². The average molecular weight is 357 g/mol. The standard InChI is InChI=1S/C19H14ClFN2O2/c1-10-7-11-3-2-4-13-17(11)23(10)9-14(18(13)24)19(25)22-12-5-6-16(21)15(20)8-12/h2-6,8-10H,7H2,1H3,(H,22,25). The van der Waals surface area contributed by atoms with Gasteiger partial charge in [0.05, 0.1) is 10.5 Å². The molecule has 126 valence electrons. The smallest absolute Gasteiger partial charge is 0.261 e. The van der Waals surface area contributed by atoms with Crippen molar-refractivity contribution < 1.29 is 9.18 Å². The molecule has 2 aromatic carbocycles. The summed E-state index contributed by atoms with van der Waals surface area (Å²) in [6, 6.07) is 9.63. The fourth-order valence-corrected chi connectivity index (χ4v) is 3.53. The maximum absolute atomic E-state index is 13.2. The highest BCUT2D eigenvalue weighted by Gasteiger charge is 2.24. The molecule has 1 aliphatic heterocycles. The van der Waals surface area contributed by atoms with Crippen LogP contribution in [0.2, 0.25) is 5.02 Å². The minimum absolute atomic E-state index is 0.0545. The lowest BCUT2D eigenvalue weighted by molar-refractivity contribution is 0.102. The highest BCUT2D eigenvalue weighted by atomic mass is 35.5. The summed E-state index contributed by atoms with van der Waals surface area (Å²) >= 11 is 5.73. The highest BCUT2D eigenvalue weighted by molar-refractivity contribution is 6.31. The van der Waals surface area contributed by atoms with E-state index >= 15 is 0 Å². The summed E-state index contributed by atoms with van der Waals surface area (Å²) in [4.78, 5) is 25.4. The number of anilines is 1. The second-order valence-electron chi connectivity index (χ2n) is 6.23. The van der Waals surface area contributed by atoms with Crippen LogP contribution in [0.4, 0.5) is 10.1 Å². The molecule has 2 heterocycles. The Balaban J connectivity index is 1.80. The van der Waals surface area contributed by atoms with E-state index in [0.717, 1.165) is 17.5 Å². The normalized spacial score (nSPS) is 15.6. The number of aromatic nitrogens is 1. The number of carbonyl (C=O) groups is 1. The Bertz CT molecular complexity index is 1090. The van der Waals surface area contributed by atoms with Crippen LogP contribution in [-0.2, 0) is 6.42 Å². The van der Waals surface area contributed by atoms with E-state index in [2.05, 4.69) is 5.32 Å². The van der Waals surface area contributed by atoms with Crippen LogP contribution in [0.3, 0.4) is 0 Å². The van der Waals surface area contributed by atoms with Gasteiger partial charge in [-0.3, -0.25) is 9.59 Å². The van der Waals surface area contributed by atoms with Crippen LogP contribution in [0.5, 0.6) is 0 Å². The average Bonchev–Trinajstić information content (AvgIpc) is 2.90. The van der Waals surface area contributed by atoms with Crippen LogP contribution in [0.1, 0.15) is 28.9 Å². The molecule has 1 aromatic heterocycles. The Morgan fingerprint density at radius 3 is 2.88 bits per heavy atom. The van der Waals surface area contributed by atoms with Gasteiger partial charge in [0, 0.05) is 23.3 Å². The van der Waals surface area contributed by atoms with E-state index in [4.69, 9.17) is 11.6 Å². The van der Waals surface area contributed by atoms with Crippen molar-refractivity contribution in [1.82, 2.24) is 4.57 Å². The first kappa shape index (κ1) is 15.8. The molecule has 25 heavy (non-hydrogen) atoms. The first-order chi connectivity index (χ1) is 12.0. The highest BCUT2D eigenvalue weighted by Crippen LogP contribution is 2.31. The Morgan fingerprint density at radius 2 is 2.12 bits per heavy atom. The maximum atomic E-state index is 13.2. The monoisotopic (exact) mass is 356 g/mol. The lowest BCUT2D eigenvalue weighted by atomic mass is 10.1. The largest absolute Gasteiger partial charge is 0.343 e. The van der Waals surface area contributed by atoms with E-state index in [9.17, 15) is 14.0 Å². The Hall–Kier alpha value is -2.66. The van der Waals surface area contributed by atoms with Crippen LogP contribution >= 0.6 is 11.6 Å². The van der Waals surface area contributed by atoms with Crippen LogP contribution in [0.25, 0.3) is 10.9 Å². The Kier molecular flexibility index (Phi) is 3.62. The molecule has 1 unspecified atom stereocenters. The van der Waals surface area contributed by atoms with Crippen molar-refractivity contribution in [2.24, 2.45) is 0 Å². The molecule has 4 nitrogen and oxygen atoms in total. The van der Waals surface area contributed by atoms with E-state index < -0.39 is 11.7 Å². The first-order valence-corrected chi connectivity index (χ1v) is 8.26. The number of hydrogen-bond donors (Lipinski definition) is 1. The van der Waals surface area contributed by atoms with Crippen molar-refractivity contribution in [3.8, 4) is 0 Å². The predicted octanol–water partition coefficient (Wildman–Crippen LogP) is 4.16. The number of carbonyl (C=O) groups excluding carboxylic acids is 1. The van der Waals surface area contributed by atoms with Crippen molar-refractivity contribution >= 4 is 34.1 Å². The molecule has 0 radical (unpaired) electrons. The molecule has 3 aromatic rings. The van der Waals surface area contributed by atoms with Gasteiger partial charge in [-0.05, 0) is 43.2 Å². The second kappa shape index (κ2) is 5.70. The molecule has 0 saturated heterocycles. The molecule has 1 aliphatic rings. The molecule has 0 bridgehead atoms. The summed E-state index contributed by atoms with van der Waals surface area (Å²) in [7, 11) is 0. The molecule has 0 saturated carbocycles. The van der Waals surface area contributed by atoms with Crippen LogP contribution < -0.4 is 10.7 Å². The summed E-state index contributed by atoms with van der Waals surface area (Å²) in [5.41, 5.74) is 2.08. The van der Waals surface area contributed by atoms with Gasteiger partial charge in [0.1, 0.15) is 11.4 Å². The number of rotatable bonds is 2. The number of para-hydroxylation sites is 1. The van der Waals surface area contributed by atoms with Crippen molar-refractivity contribution in [3.63, 3.8) is 0 Å². The summed E-state index contributed by atoms with van der Waals surface area (Å²) in [6.07, 6.45) is 2.43. The lowest BCUT2D eigenvalue weighted by Gasteiger charge is -2.13. The van der Waals surface area contributed by atoms with Crippen LogP contribution in [-0.4, -0.2) is 10.5 Å². The molecular weight excluding hydrogens is 343 g/mol. The molecule has 6 heteroatoms. The van der Waals surface area contributed by atoms with Crippen molar-refractivity contribution in [2.45, 2.75) is 19.4 Å². The molecule has 1 N–H and O–H groups in total. The summed E-state index contributed by atoms with van der Waals surface area (Å²) in [5, 5.41) is 3.05. The van der Waals surface area contributed by atoms with Crippen LogP contribution in [0, 0.1) is 5.82 Å². The SMILES string of the molecule is CC1Cc2cccc3c(=O)c(C(=O)Nc4ccc(F)c(Cl)c4)cn1c23. The van der Waals surface area contributed by atoms with Gasteiger partial charge in [0.2, 0.25) is 5.43 Å². The van der Waals surface area contributed by atoms with Crippen LogP contribution in [0.15, 0.2) is 47.4 Å². The van der Waals surface area contributed by atoms with Gasteiger partial charge in [-0.25, -0.2) is 4.39 Å². The zero-order chi connectivity index (χ0) is 17.7. The third-order valence-electron chi connectivity index (χ3n) is 4.55. The number of nitrogens with zero attached hydrogens (tertiary/aromatic N) is 1. The number of halogens is 2. The summed E-state index contributed by atoms with van der Waals surface area (Å²) in [5.74, 6) is -1.11. The van der Waals surface area contributed by atoms with E-state index in [0.29, 0.717) is 11.1 Å². The fraction of sp³-hybridized carbons (Fsp3) is 0.158. The lowest BCUT2D eigenvalue weighted by Crippen LogP contribution is -2.23. The van der Waals surface area contributed by atoms with E-state index in [1.165, 1.54) is 18.2 Å². The molecule has 1 atom stereocenters. The molecule has 0 spiro atoms. The first-order valence-electron chi connectivity index (χ1n) is 7.89. The van der Waals surface area contributed by atoms with Crippen molar-refractivity contribution in [2.75, 3.05) is 5.32 Å². The minimum atomic E-state index is -0.569. The number of nitrogens with one attached hydrogen (secondary N) is 1. The topological polar surface area (TPSA) is 51.1 Å². The van der Waals surface area contributed by atoms with E-state index in [1.54, 1.807) is 12.3 Å².